The zero-order chi connectivity index (χ0) is 22.1. The third-order valence-corrected chi connectivity index (χ3v) is 6.96. The quantitative estimate of drug-likeness (QED) is 0.611. The van der Waals surface area contributed by atoms with Crippen molar-refractivity contribution < 1.29 is 9.59 Å². The Labute approximate surface area is 184 Å². The number of nitrogens with zero attached hydrogens (tertiary/aromatic N) is 2. The first-order chi connectivity index (χ1) is 14.9. The van der Waals surface area contributed by atoms with Crippen LogP contribution in [-0.4, -0.2) is 21.6 Å². The largest absolute Gasteiger partial charge is 0.365 e. The van der Waals surface area contributed by atoms with E-state index in [9.17, 15) is 14.4 Å². The molecule has 1 unspecified atom stereocenters. The Bertz CT molecular complexity index is 1230. The van der Waals surface area contributed by atoms with Gasteiger partial charge in [0.15, 0.2) is 5.69 Å². The molecular weight excluding hydrogens is 412 g/mol. The molecule has 0 radical (unpaired) electrons. The van der Waals surface area contributed by atoms with Crippen molar-refractivity contribution in [2.75, 3.05) is 5.32 Å². The number of thiophene rings is 1. The SMILES string of the molecule is CCCCn1nc(C(=O)Nc2sc3c(c2C(N)=O)CCC(C)C3)c2ccccc2c1=O. The number of anilines is 1. The highest BCUT2D eigenvalue weighted by atomic mass is 32.1. The predicted octanol–water partition coefficient (Wildman–Crippen LogP) is 3.73. The van der Waals surface area contributed by atoms with Crippen molar-refractivity contribution in [1.82, 2.24) is 9.78 Å². The Kier molecular flexibility index (Phi) is 5.91. The standard InChI is InChI=1S/C23H26N4O3S/c1-3-4-11-27-23(30)15-8-6-5-7-14(15)19(26-27)21(29)25-22-18(20(24)28)16-10-9-13(2)12-17(16)31-22/h5-8,13H,3-4,9-12H2,1-2H3,(H2,24,28)(H,25,29). The van der Waals surface area contributed by atoms with Crippen LogP contribution in [0.4, 0.5) is 5.00 Å². The maximum absolute atomic E-state index is 13.3. The molecule has 0 aliphatic heterocycles. The molecule has 7 nitrogen and oxygen atoms in total. The van der Waals surface area contributed by atoms with Crippen molar-refractivity contribution >= 4 is 38.9 Å². The lowest BCUT2D eigenvalue weighted by atomic mass is 9.88. The number of hydrogen-bond acceptors (Lipinski definition) is 5. The van der Waals surface area contributed by atoms with E-state index in [1.54, 1.807) is 24.3 Å². The number of unbranched alkanes of at least 4 members (excludes halogenated alkanes) is 1. The molecule has 3 aromatic rings. The number of nitrogens with one attached hydrogen (secondary N) is 1. The van der Waals surface area contributed by atoms with Gasteiger partial charge in [0.05, 0.1) is 10.9 Å². The van der Waals surface area contributed by atoms with Crippen molar-refractivity contribution in [2.45, 2.75) is 52.5 Å². The van der Waals surface area contributed by atoms with Crippen LogP contribution >= 0.6 is 11.3 Å². The van der Waals surface area contributed by atoms with Gasteiger partial charge in [0.1, 0.15) is 5.00 Å². The van der Waals surface area contributed by atoms with Gasteiger partial charge in [0, 0.05) is 16.8 Å². The van der Waals surface area contributed by atoms with Gasteiger partial charge >= 0.3 is 0 Å². The van der Waals surface area contributed by atoms with Gasteiger partial charge in [-0.15, -0.1) is 11.3 Å². The topological polar surface area (TPSA) is 107 Å². The number of nitrogens with two attached hydrogens (primary N) is 1. The summed E-state index contributed by atoms with van der Waals surface area (Å²) >= 11 is 1.41. The van der Waals surface area contributed by atoms with E-state index in [0.29, 0.717) is 33.8 Å². The first-order valence-corrected chi connectivity index (χ1v) is 11.5. The van der Waals surface area contributed by atoms with Crippen LogP contribution in [0.3, 0.4) is 0 Å². The Morgan fingerprint density at radius 3 is 2.74 bits per heavy atom. The number of rotatable bonds is 6. The molecule has 0 saturated carbocycles. The number of fused-ring (bicyclic) bond motifs is 2. The molecule has 2 amide bonds. The summed E-state index contributed by atoms with van der Waals surface area (Å²) in [6.45, 7) is 4.66. The van der Waals surface area contributed by atoms with Gasteiger partial charge < -0.3 is 11.1 Å². The molecule has 1 aromatic carbocycles. The minimum absolute atomic E-state index is 0.168. The van der Waals surface area contributed by atoms with E-state index in [2.05, 4.69) is 17.3 Å². The highest BCUT2D eigenvalue weighted by Crippen LogP contribution is 2.39. The number of aryl methyl sites for hydroxylation is 1. The fourth-order valence-electron chi connectivity index (χ4n) is 4.12. The lowest BCUT2D eigenvalue weighted by Crippen LogP contribution is -2.28. The van der Waals surface area contributed by atoms with Crippen molar-refractivity contribution in [2.24, 2.45) is 11.7 Å². The second-order valence-electron chi connectivity index (χ2n) is 8.15. The van der Waals surface area contributed by atoms with Crippen molar-refractivity contribution in [3.05, 3.63) is 56.3 Å². The summed E-state index contributed by atoms with van der Waals surface area (Å²) in [6, 6.07) is 6.98. The number of aromatic nitrogens is 2. The zero-order valence-corrected chi connectivity index (χ0v) is 18.6. The van der Waals surface area contributed by atoms with E-state index in [-0.39, 0.29) is 11.3 Å². The van der Waals surface area contributed by atoms with Crippen LogP contribution < -0.4 is 16.6 Å². The molecule has 2 aromatic heterocycles. The van der Waals surface area contributed by atoms with E-state index < -0.39 is 11.8 Å². The molecule has 0 fully saturated rings. The van der Waals surface area contributed by atoms with E-state index in [0.717, 1.165) is 42.5 Å². The van der Waals surface area contributed by atoms with Crippen LogP contribution in [0, 0.1) is 5.92 Å². The summed E-state index contributed by atoms with van der Waals surface area (Å²) < 4.78 is 1.36. The minimum Gasteiger partial charge on any atom is -0.365 e. The maximum Gasteiger partial charge on any atom is 0.277 e. The van der Waals surface area contributed by atoms with Crippen LogP contribution in [-0.2, 0) is 19.4 Å². The summed E-state index contributed by atoms with van der Waals surface area (Å²) in [5.41, 5.74) is 7.00. The van der Waals surface area contributed by atoms with Gasteiger partial charge in [-0.05, 0) is 43.2 Å². The average Bonchev–Trinajstić information content (AvgIpc) is 3.10. The zero-order valence-electron chi connectivity index (χ0n) is 17.7. The second kappa shape index (κ2) is 8.63. The predicted molar refractivity (Wildman–Crippen MR) is 123 cm³/mol. The number of hydrogen-bond donors (Lipinski definition) is 2. The average molecular weight is 439 g/mol. The first kappa shape index (κ1) is 21.2. The molecule has 31 heavy (non-hydrogen) atoms. The summed E-state index contributed by atoms with van der Waals surface area (Å²) in [5, 5.41) is 8.67. The monoisotopic (exact) mass is 438 g/mol. The Morgan fingerprint density at radius 1 is 1.29 bits per heavy atom. The van der Waals surface area contributed by atoms with E-state index in [1.807, 2.05) is 6.92 Å². The molecule has 2 heterocycles. The van der Waals surface area contributed by atoms with Gasteiger partial charge in [-0.1, -0.05) is 38.5 Å². The summed E-state index contributed by atoms with van der Waals surface area (Å²) in [7, 11) is 0. The van der Waals surface area contributed by atoms with Gasteiger partial charge in [0.2, 0.25) is 0 Å². The first-order valence-electron chi connectivity index (χ1n) is 10.7. The molecule has 1 aliphatic rings. The third kappa shape index (κ3) is 3.99. The Morgan fingerprint density at radius 2 is 2.03 bits per heavy atom. The second-order valence-corrected chi connectivity index (χ2v) is 9.26. The normalized spacial score (nSPS) is 15.6. The molecule has 4 rings (SSSR count). The Balaban J connectivity index is 1.77. The number of carbonyl (C=O) groups excluding carboxylic acids is 2. The lowest BCUT2D eigenvalue weighted by Gasteiger charge is -2.18. The van der Waals surface area contributed by atoms with Gasteiger partial charge in [0.25, 0.3) is 17.4 Å². The molecule has 0 spiro atoms. The van der Waals surface area contributed by atoms with E-state index >= 15 is 0 Å². The van der Waals surface area contributed by atoms with Crippen molar-refractivity contribution in [1.29, 1.82) is 0 Å². The molecule has 162 valence electrons. The lowest BCUT2D eigenvalue weighted by molar-refractivity contribution is 0.1000. The van der Waals surface area contributed by atoms with Gasteiger partial charge in [-0.3, -0.25) is 14.4 Å². The van der Waals surface area contributed by atoms with Crippen LogP contribution in [0.5, 0.6) is 0 Å². The van der Waals surface area contributed by atoms with Crippen LogP contribution in [0.15, 0.2) is 29.1 Å². The van der Waals surface area contributed by atoms with Crippen molar-refractivity contribution in [3.8, 4) is 0 Å². The minimum atomic E-state index is -0.534. The highest BCUT2D eigenvalue weighted by Gasteiger charge is 2.28. The van der Waals surface area contributed by atoms with E-state index in [4.69, 9.17) is 5.73 Å². The molecular formula is C23H26N4O3S. The summed E-state index contributed by atoms with van der Waals surface area (Å²) in [6.07, 6.45) is 4.34. The maximum atomic E-state index is 13.3. The summed E-state index contributed by atoms with van der Waals surface area (Å²) in [5.74, 6) is -0.452. The molecule has 1 atom stereocenters. The molecule has 0 bridgehead atoms. The van der Waals surface area contributed by atoms with Crippen molar-refractivity contribution in [3.63, 3.8) is 0 Å². The fraction of sp³-hybridized carbons (Fsp3) is 0.391. The molecule has 1 aliphatic carbocycles. The smallest absolute Gasteiger partial charge is 0.277 e. The highest BCUT2D eigenvalue weighted by molar-refractivity contribution is 7.17. The van der Waals surface area contributed by atoms with Gasteiger partial charge in [-0.2, -0.15) is 5.10 Å². The van der Waals surface area contributed by atoms with Crippen LogP contribution in [0.25, 0.3) is 10.8 Å². The van der Waals surface area contributed by atoms with Gasteiger partial charge in [-0.25, -0.2) is 4.68 Å². The Hall–Kier alpha value is -3.00. The fourth-order valence-corrected chi connectivity index (χ4v) is 5.54. The number of amides is 2. The number of benzene rings is 1. The number of primary amides is 1. The van der Waals surface area contributed by atoms with Crippen LogP contribution in [0.1, 0.15) is 64.4 Å². The molecule has 8 heteroatoms. The van der Waals surface area contributed by atoms with E-state index in [1.165, 1.54) is 16.0 Å². The number of carbonyl (C=O) groups is 2. The molecule has 3 N–H and O–H groups in total. The molecule has 0 saturated heterocycles. The summed E-state index contributed by atoms with van der Waals surface area (Å²) in [4.78, 5) is 39.4. The third-order valence-electron chi connectivity index (χ3n) is 5.79. The van der Waals surface area contributed by atoms with Crippen LogP contribution in [0.2, 0.25) is 0 Å².